The van der Waals surface area contributed by atoms with E-state index in [2.05, 4.69) is 9.97 Å². The number of hydrogen-bond donors (Lipinski definition) is 1. The van der Waals surface area contributed by atoms with E-state index >= 15 is 0 Å². The van der Waals surface area contributed by atoms with E-state index in [0.29, 0.717) is 29.7 Å². The van der Waals surface area contributed by atoms with Crippen molar-refractivity contribution in [2.24, 2.45) is 5.73 Å². The highest BCUT2D eigenvalue weighted by Crippen LogP contribution is 2.11. The van der Waals surface area contributed by atoms with E-state index < -0.39 is 0 Å². The lowest BCUT2D eigenvalue weighted by Gasteiger charge is -2.02. The van der Waals surface area contributed by atoms with Crippen molar-refractivity contribution in [3.63, 3.8) is 0 Å². The number of nitrogens with zero attached hydrogens (tertiary/aromatic N) is 2. The maximum Gasteiger partial charge on any atom is 0.154 e. The summed E-state index contributed by atoms with van der Waals surface area (Å²) in [6.07, 6.45) is 1.53. The molecule has 0 bridgehead atoms. The first-order valence-electron chi connectivity index (χ1n) is 3.47. The van der Waals surface area contributed by atoms with Gasteiger partial charge in [-0.25, -0.2) is 9.97 Å². The molecule has 1 rings (SSSR count). The van der Waals surface area contributed by atoms with Crippen molar-refractivity contribution in [2.75, 3.05) is 7.11 Å². The highest BCUT2D eigenvalue weighted by Gasteiger charge is 2.02. The molecular formula is C7H10ClN3O. The van der Waals surface area contributed by atoms with E-state index in [1.54, 1.807) is 7.11 Å². The van der Waals surface area contributed by atoms with Crippen molar-refractivity contribution >= 4 is 11.6 Å². The van der Waals surface area contributed by atoms with E-state index in [1.807, 2.05) is 0 Å². The summed E-state index contributed by atoms with van der Waals surface area (Å²) >= 11 is 5.75. The minimum absolute atomic E-state index is 0.318. The molecule has 0 aliphatic rings. The number of aromatic nitrogens is 2. The Morgan fingerprint density at radius 3 is 3.00 bits per heavy atom. The van der Waals surface area contributed by atoms with Crippen LogP contribution in [0.5, 0.6) is 0 Å². The van der Waals surface area contributed by atoms with Gasteiger partial charge in [0.1, 0.15) is 6.61 Å². The lowest BCUT2D eigenvalue weighted by molar-refractivity contribution is 0.177. The fraction of sp³-hybridized carbons (Fsp3) is 0.429. The standard InChI is InChI=1S/C7H10ClN3O/c1-12-4-7-10-3-5(8)6(2-9)11-7/h3H,2,4,9H2,1H3. The van der Waals surface area contributed by atoms with Crippen LogP contribution >= 0.6 is 11.6 Å². The molecule has 1 heterocycles. The Bertz CT molecular complexity index is 267. The third-order valence-electron chi connectivity index (χ3n) is 1.33. The molecule has 12 heavy (non-hydrogen) atoms. The number of halogens is 1. The summed E-state index contributed by atoms with van der Waals surface area (Å²) in [6, 6.07) is 0. The van der Waals surface area contributed by atoms with E-state index in [1.165, 1.54) is 6.20 Å². The Morgan fingerprint density at radius 2 is 2.42 bits per heavy atom. The Labute approximate surface area is 75.7 Å². The molecular weight excluding hydrogens is 178 g/mol. The zero-order chi connectivity index (χ0) is 8.97. The lowest BCUT2D eigenvalue weighted by atomic mass is 10.4. The summed E-state index contributed by atoms with van der Waals surface area (Å²) in [6.45, 7) is 0.697. The van der Waals surface area contributed by atoms with Gasteiger partial charge in [0.15, 0.2) is 5.82 Å². The van der Waals surface area contributed by atoms with Gasteiger partial charge in [-0.3, -0.25) is 0 Å². The highest BCUT2D eigenvalue weighted by atomic mass is 35.5. The minimum Gasteiger partial charge on any atom is -0.377 e. The van der Waals surface area contributed by atoms with Crippen LogP contribution in [-0.4, -0.2) is 17.1 Å². The smallest absolute Gasteiger partial charge is 0.154 e. The molecule has 0 aliphatic carbocycles. The van der Waals surface area contributed by atoms with Gasteiger partial charge in [-0.1, -0.05) is 11.6 Å². The second-order valence-corrected chi connectivity index (χ2v) is 2.63. The first-order chi connectivity index (χ1) is 5.77. The van der Waals surface area contributed by atoms with E-state index in [4.69, 9.17) is 22.1 Å². The molecule has 1 aromatic heterocycles. The number of ether oxygens (including phenoxy) is 1. The second-order valence-electron chi connectivity index (χ2n) is 2.22. The van der Waals surface area contributed by atoms with Crippen LogP contribution < -0.4 is 5.73 Å². The van der Waals surface area contributed by atoms with Crippen LogP contribution in [-0.2, 0) is 17.9 Å². The van der Waals surface area contributed by atoms with Crippen molar-refractivity contribution in [1.82, 2.24) is 9.97 Å². The van der Waals surface area contributed by atoms with Gasteiger partial charge in [0.2, 0.25) is 0 Å². The predicted molar refractivity (Wildman–Crippen MR) is 45.6 cm³/mol. The SMILES string of the molecule is COCc1ncc(Cl)c(CN)n1. The summed E-state index contributed by atoms with van der Waals surface area (Å²) < 4.78 is 4.86. The fourth-order valence-electron chi connectivity index (χ4n) is 0.786. The first kappa shape index (κ1) is 9.38. The third kappa shape index (κ3) is 2.14. The van der Waals surface area contributed by atoms with E-state index in [-0.39, 0.29) is 0 Å². The Hall–Kier alpha value is -0.710. The largest absolute Gasteiger partial charge is 0.377 e. The van der Waals surface area contributed by atoms with Crippen LogP contribution in [0.2, 0.25) is 5.02 Å². The van der Waals surface area contributed by atoms with E-state index in [9.17, 15) is 0 Å². The lowest BCUT2D eigenvalue weighted by Crippen LogP contribution is -2.05. The molecule has 2 N–H and O–H groups in total. The topological polar surface area (TPSA) is 61.0 Å². The van der Waals surface area contributed by atoms with Crippen molar-refractivity contribution < 1.29 is 4.74 Å². The molecule has 0 saturated heterocycles. The molecule has 0 saturated carbocycles. The molecule has 0 spiro atoms. The molecule has 0 radical (unpaired) electrons. The molecule has 0 aromatic carbocycles. The summed E-state index contributed by atoms with van der Waals surface area (Å²) in [4.78, 5) is 8.04. The van der Waals surface area contributed by atoms with Crippen LogP contribution in [0.15, 0.2) is 6.20 Å². The second kappa shape index (κ2) is 4.35. The predicted octanol–water partition coefficient (Wildman–Crippen LogP) is 0.735. The van der Waals surface area contributed by atoms with Gasteiger partial charge in [0.05, 0.1) is 10.7 Å². The average molecular weight is 188 g/mol. The van der Waals surface area contributed by atoms with Crippen molar-refractivity contribution in [3.05, 3.63) is 22.7 Å². The quantitative estimate of drug-likeness (QED) is 0.758. The maximum atomic E-state index is 5.75. The molecule has 0 amide bonds. The van der Waals surface area contributed by atoms with Gasteiger partial charge < -0.3 is 10.5 Å². The van der Waals surface area contributed by atoms with Crippen LogP contribution in [0.25, 0.3) is 0 Å². The van der Waals surface area contributed by atoms with Crippen molar-refractivity contribution in [3.8, 4) is 0 Å². The van der Waals surface area contributed by atoms with Gasteiger partial charge in [-0.2, -0.15) is 0 Å². The highest BCUT2D eigenvalue weighted by molar-refractivity contribution is 6.31. The minimum atomic E-state index is 0.318. The Balaban J connectivity index is 2.89. The van der Waals surface area contributed by atoms with Crippen molar-refractivity contribution in [2.45, 2.75) is 13.2 Å². The summed E-state index contributed by atoms with van der Waals surface area (Å²) in [5.41, 5.74) is 6.05. The zero-order valence-corrected chi connectivity index (χ0v) is 7.51. The molecule has 0 aliphatic heterocycles. The van der Waals surface area contributed by atoms with Crippen LogP contribution in [0, 0.1) is 0 Å². The summed E-state index contributed by atoms with van der Waals surface area (Å²) in [7, 11) is 1.58. The van der Waals surface area contributed by atoms with Gasteiger partial charge in [-0.05, 0) is 0 Å². The molecule has 4 nitrogen and oxygen atoms in total. The van der Waals surface area contributed by atoms with Crippen LogP contribution in [0.4, 0.5) is 0 Å². The third-order valence-corrected chi connectivity index (χ3v) is 1.65. The molecule has 1 aromatic rings. The van der Waals surface area contributed by atoms with Gasteiger partial charge in [-0.15, -0.1) is 0 Å². The van der Waals surface area contributed by atoms with Crippen LogP contribution in [0.3, 0.4) is 0 Å². The molecule has 5 heteroatoms. The van der Waals surface area contributed by atoms with Crippen molar-refractivity contribution in [1.29, 1.82) is 0 Å². The van der Waals surface area contributed by atoms with Gasteiger partial charge in [0, 0.05) is 19.9 Å². The average Bonchev–Trinajstić information content (AvgIpc) is 2.09. The molecule has 0 unspecified atom stereocenters. The van der Waals surface area contributed by atoms with Gasteiger partial charge in [0.25, 0.3) is 0 Å². The van der Waals surface area contributed by atoms with Gasteiger partial charge >= 0.3 is 0 Å². The summed E-state index contributed by atoms with van der Waals surface area (Å²) in [5, 5.41) is 0.498. The number of hydrogen-bond acceptors (Lipinski definition) is 4. The number of rotatable bonds is 3. The van der Waals surface area contributed by atoms with E-state index in [0.717, 1.165) is 0 Å². The Kier molecular flexibility index (Phi) is 3.40. The molecule has 0 fully saturated rings. The molecule has 0 atom stereocenters. The fourth-order valence-corrected chi connectivity index (χ4v) is 0.954. The zero-order valence-electron chi connectivity index (χ0n) is 6.75. The van der Waals surface area contributed by atoms with Crippen LogP contribution in [0.1, 0.15) is 11.5 Å². The first-order valence-corrected chi connectivity index (χ1v) is 3.85. The monoisotopic (exact) mass is 187 g/mol. The summed E-state index contributed by atoms with van der Waals surface area (Å²) in [5.74, 6) is 0.599. The molecule has 66 valence electrons. The number of methoxy groups -OCH3 is 1. The number of nitrogens with two attached hydrogens (primary N) is 1. The Morgan fingerprint density at radius 1 is 1.67 bits per heavy atom. The maximum absolute atomic E-state index is 5.75. The normalized spacial score (nSPS) is 10.2.